The number of carbonyl (C=O) groups excluding carboxylic acids is 1. The van der Waals surface area contributed by atoms with Gasteiger partial charge in [0, 0.05) is 60.5 Å². The van der Waals surface area contributed by atoms with Crippen molar-refractivity contribution in [2.45, 2.75) is 74.5 Å². The highest BCUT2D eigenvalue weighted by molar-refractivity contribution is 7.99. The third-order valence-electron chi connectivity index (χ3n) is 7.54. The quantitative estimate of drug-likeness (QED) is 0.149. The molecule has 4 rings (SSSR count). The SMILES string of the molecule is CCCCCCCCCC(=O)OCCN1CCN(CC/C=C2/c3ccccc3Sc3ccc(Cl)cc32)CC1. The number of nitrogens with zero attached hydrogens (tertiary/aromatic N) is 2. The molecule has 0 amide bonds. The molecule has 0 unspecified atom stereocenters. The van der Waals surface area contributed by atoms with E-state index in [2.05, 4.69) is 59.2 Å². The second-order valence-corrected chi connectivity index (χ2v) is 11.9. The summed E-state index contributed by atoms with van der Waals surface area (Å²) in [4.78, 5) is 19.6. The standard InChI is InChI=1S/C32H43ClN2O2S/c1-2-3-4-5-6-7-8-15-32(36)37-24-23-35-21-19-34(20-22-35)18-11-13-27-28-12-9-10-14-30(28)38-31-17-16-26(33)25-29(27)31/h9-10,12-14,16-17,25H,2-8,11,15,18-24H2,1H3/b27-13-. The largest absolute Gasteiger partial charge is 0.464 e. The fraction of sp³-hybridized carbons (Fsp3) is 0.531. The van der Waals surface area contributed by atoms with Crippen molar-refractivity contribution in [1.29, 1.82) is 0 Å². The van der Waals surface area contributed by atoms with Crippen LogP contribution in [0.4, 0.5) is 0 Å². The Morgan fingerprint density at radius 1 is 0.895 bits per heavy atom. The van der Waals surface area contributed by atoms with Crippen LogP contribution in [0.5, 0.6) is 0 Å². The van der Waals surface area contributed by atoms with Crippen LogP contribution in [0.25, 0.3) is 5.57 Å². The van der Waals surface area contributed by atoms with Gasteiger partial charge < -0.3 is 9.64 Å². The number of carbonyl (C=O) groups is 1. The molecular weight excluding hydrogens is 512 g/mol. The number of unbranched alkanes of at least 4 members (excludes halogenated alkanes) is 6. The van der Waals surface area contributed by atoms with E-state index in [1.807, 2.05) is 17.8 Å². The topological polar surface area (TPSA) is 32.8 Å². The molecule has 0 aromatic heterocycles. The number of hydrogen-bond donors (Lipinski definition) is 0. The first-order chi connectivity index (χ1) is 18.6. The van der Waals surface area contributed by atoms with E-state index in [1.165, 1.54) is 58.6 Å². The predicted octanol–water partition coefficient (Wildman–Crippen LogP) is 7.93. The van der Waals surface area contributed by atoms with Crippen LogP contribution in [-0.2, 0) is 9.53 Å². The molecule has 4 nitrogen and oxygen atoms in total. The lowest BCUT2D eigenvalue weighted by molar-refractivity contribution is -0.144. The summed E-state index contributed by atoms with van der Waals surface area (Å²) in [6, 6.07) is 14.9. The third-order valence-corrected chi connectivity index (χ3v) is 8.93. The van der Waals surface area contributed by atoms with Gasteiger partial charge in [-0.25, -0.2) is 0 Å². The fourth-order valence-electron chi connectivity index (χ4n) is 5.28. The lowest BCUT2D eigenvalue weighted by Gasteiger charge is -2.34. The number of benzene rings is 2. The zero-order valence-corrected chi connectivity index (χ0v) is 24.5. The van der Waals surface area contributed by atoms with Crippen LogP contribution in [0, 0.1) is 0 Å². The first-order valence-corrected chi connectivity index (χ1v) is 15.7. The van der Waals surface area contributed by atoms with E-state index in [1.54, 1.807) is 0 Å². The van der Waals surface area contributed by atoms with Crippen molar-refractivity contribution >= 4 is 34.9 Å². The van der Waals surface area contributed by atoms with E-state index < -0.39 is 0 Å². The lowest BCUT2D eigenvalue weighted by atomic mass is 9.96. The maximum absolute atomic E-state index is 12.0. The van der Waals surface area contributed by atoms with Gasteiger partial charge in [0.15, 0.2) is 0 Å². The molecule has 0 radical (unpaired) electrons. The van der Waals surface area contributed by atoms with Crippen LogP contribution in [0.3, 0.4) is 0 Å². The zero-order valence-electron chi connectivity index (χ0n) is 22.9. The maximum Gasteiger partial charge on any atom is 0.305 e. The number of ether oxygens (including phenoxy) is 1. The van der Waals surface area contributed by atoms with E-state index in [0.717, 1.165) is 63.6 Å². The second-order valence-electron chi connectivity index (χ2n) is 10.4. The molecule has 1 saturated heterocycles. The smallest absolute Gasteiger partial charge is 0.305 e. The molecule has 0 N–H and O–H groups in total. The molecular formula is C32H43ClN2O2S. The molecule has 0 atom stereocenters. The summed E-state index contributed by atoms with van der Waals surface area (Å²) in [7, 11) is 0. The Bertz CT molecular complexity index is 1070. The van der Waals surface area contributed by atoms with Crippen LogP contribution in [0.2, 0.25) is 5.02 Å². The molecule has 0 bridgehead atoms. The Kier molecular flexibility index (Phi) is 12.1. The summed E-state index contributed by atoms with van der Waals surface area (Å²) < 4.78 is 5.50. The van der Waals surface area contributed by atoms with Crippen LogP contribution < -0.4 is 0 Å². The summed E-state index contributed by atoms with van der Waals surface area (Å²) in [5.41, 5.74) is 3.85. The molecule has 0 spiro atoms. The van der Waals surface area contributed by atoms with Crippen molar-refractivity contribution in [2.24, 2.45) is 0 Å². The van der Waals surface area contributed by atoms with Gasteiger partial charge in [0.25, 0.3) is 0 Å². The van der Waals surface area contributed by atoms with Crippen molar-refractivity contribution < 1.29 is 9.53 Å². The molecule has 38 heavy (non-hydrogen) atoms. The Balaban J connectivity index is 1.14. The molecule has 0 aliphatic carbocycles. The normalized spacial score (nSPS) is 16.8. The number of fused-ring (bicyclic) bond motifs is 2. The molecule has 2 aliphatic heterocycles. The minimum atomic E-state index is -0.0317. The molecule has 2 aromatic rings. The Hall–Kier alpha value is -1.79. The van der Waals surface area contributed by atoms with E-state index in [9.17, 15) is 4.79 Å². The van der Waals surface area contributed by atoms with Crippen LogP contribution >= 0.6 is 23.4 Å². The number of piperazine rings is 1. The van der Waals surface area contributed by atoms with Gasteiger partial charge in [0.05, 0.1) is 0 Å². The van der Waals surface area contributed by atoms with E-state index in [4.69, 9.17) is 16.3 Å². The van der Waals surface area contributed by atoms with E-state index >= 15 is 0 Å². The monoisotopic (exact) mass is 554 g/mol. The Labute approximate surface area is 238 Å². The molecule has 1 fully saturated rings. The molecule has 2 heterocycles. The van der Waals surface area contributed by atoms with Crippen molar-refractivity contribution in [1.82, 2.24) is 9.80 Å². The third kappa shape index (κ3) is 8.87. The van der Waals surface area contributed by atoms with Crippen molar-refractivity contribution in [2.75, 3.05) is 45.9 Å². The van der Waals surface area contributed by atoms with E-state index in [-0.39, 0.29) is 5.97 Å². The van der Waals surface area contributed by atoms with Gasteiger partial charge in [-0.05, 0) is 53.8 Å². The second kappa shape index (κ2) is 15.7. The first kappa shape index (κ1) is 29.2. The summed E-state index contributed by atoms with van der Waals surface area (Å²) >= 11 is 8.19. The van der Waals surface area contributed by atoms with Gasteiger partial charge in [0.2, 0.25) is 0 Å². The van der Waals surface area contributed by atoms with Gasteiger partial charge in [-0.15, -0.1) is 0 Å². The number of esters is 1. The first-order valence-electron chi connectivity index (χ1n) is 14.5. The van der Waals surface area contributed by atoms with Crippen LogP contribution in [0.15, 0.2) is 58.3 Å². The summed E-state index contributed by atoms with van der Waals surface area (Å²) in [5, 5.41) is 0.786. The van der Waals surface area contributed by atoms with Crippen molar-refractivity contribution in [3.05, 3.63) is 64.7 Å². The van der Waals surface area contributed by atoms with Gasteiger partial charge in [-0.1, -0.05) is 93.1 Å². The zero-order chi connectivity index (χ0) is 26.6. The molecule has 6 heteroatoms. The lowest BCUT2D eigenvalue weighted by Crippen LogP contribution is -2.47. The van der Waals surface area contributed by atoms with Crippen molar-refractivity contribution in [3.63, 3.8) is 0 Å². The van der Waals surface area contributed by atoms with E-state index in [0.29, 0.717) is 13.0 Å². The average Bonchev–Trinajstić information content (AvgIpc) is 2.93. The van der Waals surface area contributed by atoms with Crippen molar-refractivity contribution in [3.8, 4) is 0 Å². The van der Waals surface area contributed by atoms with Gasteiger partial charge >= 0.3 is 5.97 Å². The van der Waals surface area contributed by atoms with Gasteiger partial charge in [-0.3, -0.25) is 9.69 Å². The summed E-state index contributed by atoms with van der Waals surface area (Å²) in [5.74, 6) is -0.0317. The highest BCUT2D eigenvalue weighted by Crippen LogP contribution is 2.46. The molecule has 2 aliphatic rings. The van der Waals surface area contributed by atoms with Gasteiger partial charge in [-0.2, -0.15) is 0 Å². The number of halogens is 1. The fourth-order valence-corrected chi connectivity index (χ4v) is 6.54. The minimum absolute atomic E-state index is 0.0317. The maximum atomic E-state index is 12.0. The highest BCUT2D eigenvalue weighted by Gasteiger charge is 2.21. The summed E-state index contributed by atoms with van der Waals surface area (Å²) in [6.07, 6.45) is 12.5. The Morgan fingerprint density at radius 2 is 1.58 bits per heavy atom. The number of hydrogen-bond acceptors (Lipinski definition) is 5. The molecule has 2 aromatic carbocycles. The van der Waals surface area contributed by atoms with Gasteiger partial charge in [0.1, 0.15) is 6.61 Å². The average molecular weight is 555 g/mol. The predicted molar refractivity (Wildman–Crippen MR) is 160 cm³/mol. The van der Waals surface area contributed by atoms with Crippen LogP contribution in [0.1, 0.15) is 75.8 Å². The van der Waals surface area contributed by atoms with Crippen LogP contribution in [-0.4, -0.2) is 61.6 Å². The number of rotatable bonds is 14. The minimum Gasteiger partial charge on any atom is -0.464 e. The molecule has 206 valence electrons. The summed E-state index contributed by atoms with van der Waals surface area (Å²) in [6.45, 7) is 8.83. The molecule has 0 saturated carbocycles. The Morgan fingerprint density at radius 3 is 2.37 bits per heavy atom. The highest BCUT2D eigenvalue weighted by atomic mass is 35.5.